The van der Waals surface area contributed by atoms with Crippen LogP contribution in [0.25, 0.3) is 0 Å². The lowest BCUT2D eigenvalue weighted by atomic mass is 9.88. The molecule has 0 bridgehead atoms. The number of hydrogen-bond acceptors (Lipinski definition) is 3. The molecule has 1 heterocycles. The first-order valence-electron chi connectivity index (χ1n) is 7.95. The van der Waals surface area contributed by atoms with Crippen molar-refractivity contribution in [2.24, 2.45) is 17.6 Å². The first-order chi connectivity index (χ1) is 10.3. The molecule has 1 aromatic rings. The van der Waals surface area contributed by atoms with Crippen LogP contribution in [0.5, 0.6) is 0 Å². The van der Waals surface area contributed by atoms with Gasteiger partial charge in [0.25, 0.3) is 0 Å². The van der Waals surface area contributed by atoms with E-state index in [4.69, 9.17) is 10.5 Å². The minimum absolute atomic E-state index is 0. The van der Waals surface area contributed by atoms with Crippen LogP contribution in [-0.4, -0.2) is 25.1 Å². The molecule has 3 atom stereocenters. The molecule has 3 unspecified atom stereocenters. The van der Waals surface area contributed by atoms with Gasteiger partial charge in [-0.2, -0.15) is 0 Å². The van der Waals surface area contributed by atoms with Crippen LogP contribution in [0.15, 0.2) is 30.3 Å². The number of ether oxygens (including phenoxy) is 1. The smallest absolute Gasteiger partial charge is 0.226 e. The van der Waals surface area contributed by atoms with Crippen molar-refractivity contribution in [2.45, 2.75) is 37.8 Å². The van der Waals surface area contributed by atoms with E-state index in [0.29, 0.717) is 12.5 Å². The van der Waals surface area contributed by atoms with E-state index in [-0.39, 0.29) is 36.4 Å². The molecule has 2 aliphatic rings. The second-order valence-corrected chi connectivity index (χ2v) is 6.20. The molecule has 4 nitrogen and oxygen atoms in total. The SMILES string of the molecule is Cl.NC(CNC(=O)C1CCCOC1c1ccccc1)C1CC1. The molecule has 2 fully saturated rings. The highest BCUT2D eigenvalue weighted by Gasteiger charge is 2.34. The number of hydrogen-bond donors (Lipinski definition) is 2. The van der Waals surface area contributed by atoms with E-state index < -0.39 is 0 Å². The molecule has 0 aromatic heterocycles. The van der Waals surface area contributed by atoms with Gasteiger partial charge in [-0.25, -0.2) is 0 Å². The van der Waals surface area contributed by atoms with Crippen LogP contribution < -0.4 is 11.1 Å². The quantitative estimate of drug-likeness (QED) is 0.874. The Morgan fingerprint density at radius 3 is 2.68 bits per heavy atom. The van der Waals surface area contributed by atoms with Crippen molar-refractivity contribution in [1.29, 1.82) is 0 Å². The van der Waals surface area contributed by atoms with Gasteiger partial charge in [-0.1, -0.05) is 30.3 Å². The lowest BCUT2D eigenvalue weighted by Gasteiger charge is -2.31. The van der Waals surface area contributed by atoms with Gasteiger partial charge in [-0.15, -0.1) is 12.4 Å². The second kappa shape index (κ2) is 7.95. The summed E-state index contributed by atoms with van der Waals surface area (Å²) in [6.07, 6.45) is 4.10. The van der Waals surface area contributed by atoms with Gasteiger partial charge in [0.05, 0.1) is 12.0 Å². The molecule has 122 valence electrons. The van der Waals surface area contributed by atoms with Crippen molar-refractivity contribution in [1.82, 2.24) is 5.32 Å². The van der Waals surface area contributed by atoms with Crippen molar-refractivity contribution < 1.29 is 9.53 Å². The normalized spacial score (nSPS) is 25.9. The average molecular weight is 325 g/mol. The van der Waals surface area contributed by atoms with Gasteiger partial charge in [0, 0.05) is 19.2 Å². The van der Waals surface area contributed by atoms with Gasteiger partial charge in [0.15, 0.2) is 0 Å². The Morgan fingerprint density at radius 1 is 1.27 bits per heavy atom. The van der Waals surface area contributed by atoms with Gasteiger partial charge >= 0.3 is 0 Å². The summed E-state index contributed by atoms with van der Waals surface area (Å²) in [5, 5.41) is 3.03. The van der Waals surface area contributed by atoms with Crippen molar-refractivity contribution in [2.75, 3.05) is 13.2 Å². The molecule has 1 saturated carbocycles. The maximum atomic E-state index is 12.5. The molecular formula is C17H25ClN2O2. The number of rotatable bonds is 5. The zero-order valence-corrected chi connectivity index (χ0v) is 13.6. The van der Waals surface area contributed by atoms with Crippen LogP contribution >= 0.6 is 12.4 Å². The number of carbonyl (C=O) groups excluding carboxylic acids is 1. The van der Waals surface area contributed by atoms with Crippen molar-refractivity contribution in [3.8, 4) is 0 Å². The van der Waals surface area contributed by atoms with Gasteiger partial charge in [0.1, 0.15) is 0 Å². The molecular weight excluding hydrogens is 300 g/mol. The van der Waals surface area contributed by atoms with Crippen molar-refractivity contribution in [3.05, 3.63) is 35.9 Å². The molecule has 1 aliphatic heterocycles. The fourth-order valence-electron chi connectivity index (χ4n) is 3.06. The van der Waals surface area contributed by atoms with E-state index in [1.807, 2.05) is 30.3 Å². The van der Waals surface area contributed by atoms with Crippen molar-refractivity contribution in [3.63, 3.8) is 0 Å². The molecule has 3 rings (SSSR count). The predicted molar refractivity (Wildman–Crippen MR) is 88.8 cm³/mol. The summed E-state index contributed by atoms with van der Waals surface area (Å²) in [5.74, 6) is 0.588. The maximum Gasteiger partial charge on any atom is 0.226 e. The molecule has 0 radical (unpaired) electrons. The number of nitrogens with two attached hydrogens (primary N) is 1. The predicted octanol–water partition coefficient (Wildman–Crippen LogP) is 2.43. The molecule has 1 aromatic carbocycles. The standard InChI is InChI=1S/C17H24N2O2.ClH/c18-15(12-8-9-12)11-19-17(20)14-7-4-10-21-16(14)13-5-2-1-3-6-13;/h1-3,5-6,12,14-16H,4,7-11,18H2,(H,19,20);1H. The van der Waals surface area contributed by atoms with Crippen LogP contribution in [-0.2, 0) is 9.53 Å². The Labute approximate surface area is 138 Å². The zero-order chi connectivity index (χ0) is 14.7. The third kappa shape index (κ3) is 4.22. The molecule has 5 heteroatoms. The van der Waals surface area contributed by atoms with E-state index in [0.717, 1.165) is 25.0 Å². The molecule has 0 spiro atoms. The lowest BCUT2D eigenvalue weighted by Crippen LogP contribution is -2.43. The fraction of sp³-hybridized carbons (Fsp3) is 0.588. The van der Waals surface area contributed by atoms with Crippen LogP contribution in [0.4, 0.5) is 0 Å². The Hall–Kier alpha value is -1.10. The third-order valence-corrected chi connectivity index (χ3v) is 4.53. The van der Waals surface area contributed by atoms with E-state index in [1.54, 1.807) is 0 Å². The van der Waals surface area contributed by atoms with Crippen LogP contribution in [0, 0.1) is 11.8 Å². The third-order valence-electron chi connectivity index (χ3n) is 4.53. The number of nitrogens with one attached hydrogen (secondary N) is 1. The van der Waals surface area contributed by atoms with Gasteiger partial charge in [0.2, 0.25) is 5.91 Å². The van der Waals surface area contributed by atoms with Gasteiger partial charge < -0.3 is 15.8 Å². The topological polar surface area (TPSA) is 64.3 Å². The minimum atomic E-state index is -0.128. The average Bonchev–Trinajstić information content (AvgIpc) is 3.38. The Morgan fingerprint density at radius 2 is 2.00 bits per heavy atom. The molecule has 22 heavy (non-hydrogen) atoms. The minimum Gasteiger partial charge on any atom is -0.373 e. The summed E-state index contributed by atoms with van der Waals surface area (Å²) in [6.45, 7) is 1.31. The van der Waals surface area contributed by atoms with Crippen LogP contribution in [0.1, 0.15) is 37.4 Å². The first kappa shape index (κ1) is 17.3. The van der Waals surface area contributed by atoms with E-state index in [9.17, 15) is 4.79 Å². The van der Waals surface area contributed by atoms with Gasteiger partial charge in [-0.05, 0) is 37.2 Å². The second-order valence-electron chi connectivity index (χ2n) is 6.20. The summed E-state index contributed by atoms with van der Waals surface area (Å²) in [4.78, 5) is 12.5. The number of benzene rings is 1. The van der Waals surface area contributed by atoms with Crippen LogP contribution in [0.2, 0.25) is 0 Å². The van der Waals surface area contributed by atoms with E-state index in [1.165, 1.54) is 12.8 Å². The number of amides is 1. The van der Waals surface area contributed by atoms with E-state index >= 15 is 0 Å². The van der Waals surface area contributed by atoms with Crippen molar-refractivity contribution >= 4 is 18.3 Å². The zero-order valence-electron chi connectivity index (χ0n) is 12.7. The lowest BCUT2D eigenvalue weighted by molar-refractivity contribution is -0.134. The summed E-state index contributed by atoms with van der Waals surface area (Å²) in [6, 6.07) is 10.1. The highest BCUT2D eigenvalue weighted by Crippen LogP contribution is 2.34. The summed E-state index contributed by atoms with van der Waals surface area (Å²) < 4.78 is 5.87. The number of halogens is 1. The fourth-order valence-corrected chi connectivity index (χ4v) is 3.06. The Balaban J connectivity index is 0.00000176. The summed E-state index contributed by atoms with van der Waals surface area (Å²) in [5.41, 5.74) is 7.14. The molecule has 1 aliphatic carbocycles. The highest BCUT2D eigenvalue weighted by atomic mass is 35.5. The van der Waals surface area contributed by atoms with E-state index in [2.05, 4.69) is 5.32 Å². The Bertz CT molecular complexity index is 479. The monoisotopic (exact) mass is 324 g/mol. The van der Waals surface area contributed by atoms with Crippen LogP contribution in [0.3, 0.4) is 0 Å². The molecule has 1 amide bonds. The van der Waals surface area contributed by atoms with Gasteiger partial charge in [-0.3, -0.25) is 4.79 Å². The number of carbonyl (C=O) groups is 1. The maximum absolute atomic E-state index is 12.5. The molecule has 1 saturated heterocycles. The summed E-state index contributed by atoms with van der Waals surface area (Å²) >= 11 is 0. The summed E-state index contributed by atoms with van der Waals surface area (Å²) in [7, 11) is 0. The highest BCUT2D eigenvalue weighted by molar-refractivity contribution is 5.85. The Kier molecular flexibility index (Phi) is 6.24. The molecule has 3 N–H and O–H groups in total. The largest absolute Gasteiger partial charge is 0.373 e. The first-order valence-corrected chi connectivity index (χ1v) is 7.95.